The van der Waals surface area contributed by atoms with Crippen LogP contribution in [-0.2, 0) is 0 Å². The summed E-state index contributed by atoms with van der Waals surface area (Å²) in [5.41, 5.74) is 0.734. The van der Waals surface area contributed by atoms with Gasteiger partial charge in [-0.2, -0.15) is 0 Å². The van der Waals surface area contributed by atoms with Gasteiger partial charge in [0.25, 0.3) is 0 Å². The maximum atomic E-state index is 12.1. The molecular formula is C16H22O2. The third-order valence-corrected chi connectivity index (χ3v) is 3.52. The van der Waals surface area contributed by atoms with E-state index in [1.165, 1.54) is 19.3 Å². The van der Waals surface area contributed by atoms with Crippen LogP contribution in [0.15, 0.2) is 24.3 Å². The van der Waals surface area contributed by atoms with E-state index in [-0.39, 0.29) is 11.7 Å². The summed E-state index contributed by atoms with van der Waals surface area (Å²) in [5, 5.41) is 0. The molecule has 0 heterocycles. The van der Waals surface area contributed by atoms with Gasteiger partial charge in [0.2, 0.25) is 0 Å². The molecule has 2 rings (SSSR count). The summed E-state index contributed by atoms with van der Waals surface area (Å²) >= 11 is 0. The van der Waals surface area contributed by atoms with Gasteiger partial charge in [0.1, 0.15) is 5.75 Å². The number of hydrogen-bond donors (Lipinski definition) is 0. The molecule has 1 aliphatic carbocycles. The molecule has 1 aromatic carbocycles. The molecule has 2 nitrogen and oxygen atoms in total. The minimum Gasteiger partial charge on any atom is -0.490 e. The highest BCUT2D eigenvalue weighted by atomic mass is 16.5. The van der Waals surface area contributed by atoms with Crippen molar-refractivity contribution in [2.45, 2.75) is 52.1 Å². The van der Waals surface area contributed by atoms with Gasteiger partial charge in [0.05, 0.1) is 11.7 Å². The fraction of sp³-hybridized carbons (Fsp3) is 0.562. The monoisotopic (exact) mass is 246 g/mol. The van der Waals surface area contributed by atoms with E-state index in [9.17, 15) is 4.79 Å². The molecule has 1 saturated carbocycles. The van der Waals surface area contributed by atoms with Crippen molar-refractivity contribution in [3.8, 4) is 5.75 Å². The van der Waals surface area contributed by atoms with Gasteiger partial charge in [-0.1, -0.05) is 32.4 Å². The van der Waals surface area contributed by atoms with Crippen molar-refractivity contribution < 1.29 is 9.53 Å². The minimum absolute atomic E-state index is 0.0149. The van der Waals surface area contributed by atoms with Crippen LogP contribution in [0.1, 0.15) is 56.3 Å². The van der Waals surface area contributed by atoms with Crippen molar-refractivity contribution in [2.75, 3.05) is 0 Å². The Hall–Kier alpha value is -1.31. The SMILES string of the molecule is CC(C)C(=O)c1ccccc1OC1CCCCC1. The molecule has 1 aromatic rings. The van der Waals surface area contributed by atoms with E-state index in [2.05, 4.69) is 0 Å². The number of ether oxygens (including phenoxy) is 1. The van der Waals surface area contributed by atoms with E-state index in [1.807, 2.05) is 38.1 Å². The summed E-state index contributed by atoms with van der Waals surface area (Å²) in [6.45, 7) is 3.86. The van der Waals surface area contributed by atoms with Gasteiger partial charge in [0, 0.05) is 5.92 Å². The van der Waals surface area contributed by atoms with Gasteiger partial charge >= 0.3 is 0 Å². The summed E-state index contributed by atoms with van der Waals surface area (Å²) in [5.74, 6) is 0.950. The number of ketones is 1. The quantitative estimate of drug-likeness (QED) is 0.743. The first-order valence-electron chi connectivity index (χ1n) is 6.98. The molecule has 0 amide bonds. The van der Waals surface area contributed by atoms with Crippen molar-refractivity contribution in [1.82, 2.24) is 0 Å². The van der Waals surface area contributed by atoms with Crippen molar-refractivity contribution in [1.29, 1.82) is 0 Å². The molecule has 0 saturated heterocycles. The fourth-order valence-electron chi connectivity index (χ4n) is 2.45. The Morgan fingerprint density at radius 1 is 1.17 bits per heavy atom. The van der Waals surface area contributed by atoms with Gasteiger partial charge in [-0.25, -0.2) is 0 Å². The summed E-state index contributed by atoms with van der Waals surface area (Å²) in [4.78, 5) is 12.1. The first-order valence-corrected chi connectivity index (χ1v) is 6.98. The van der Waals surface area contributed by atoms with Crippen LogP contribution in [0, 0.1) is 5.92 Å². The predicted molar refractivity (Wildman–Crippen MR) is 73.1 cm³/mol. The number of hydrogen-bond acceptors (Lipinski definition) is 2. The first kappa shape index (κ1) is 13.1. The predicted octanol–water partition coefficient (Wildman–Crippen LogP) is 4.24. The molecule has 1 fully saturated rings. The molecule has 0 aromatic heterocycles. The molecule has 0 bridgehead atoms. The van der Waals surface area contributed by atoms with Gasteiger partial charge in [-0.3, -0.25) is 4.79 Å². The zero-order chi connectivity index (χ0) is 13.0. The highest BCUT2D eigenvalue weighted by molar-refractivity contribution is 5.99. The molecule has 2 heteroatoms. The molecule has 0 N–H and O–H groups in total. The maximum Gasteiger partial charge on any atom is 0.169 e. The molecule has 0 atom stereocenters. The second kappa shape index (κ2) is 6.03. The number of carbonyl (C=O) groups is 1. The zero-order valence-corrected chi connectivity index (χ0v) is 11.3. The lowest BCUT2D eigenvalue weighted by molar-refractivity contribution is 0.0927. The number of Topliss-reactive ketones (excluding diaryl/α,β-unsaturated/α-hetero) is 1. The van der Waals surface area contributed by atoms with Crippen LogP contribution in [0.25, 0.3) is 0 Å². The number of rotatable bonds is 4. The Kier molecular flexibility index (Phi) is 4.40. The van der Waals surface area contributed by atoms with Crippen molar-refractivity contribution in [3.05, 3.63) is 29.8 Å². The Labute approximate surface area is 109 Å². The zero-order valence-electron chi connectivity index (χ0n) is 11.3. The number of carbonyl (C=O) groups excluding carboxylic acids is 1. The third kappa shape index (κ3) is 3.12. The van der Waals surface area contributed by atoms with E-state index >= 15 is 0 Å². The Morgan fingerprint density at radius 2 is 1.83 bits per heavy atom. The standard InChI is InChI=1S/C16H22O2/c1-12(2)16(17)14-10-6-7-11-15(14)18-13-8-4-3-5-9-13/h6-7,10-13H,3-5,8-9H2,1-2H3. The normalized spacial score (nSPS) is 16.8. The molecule has 1 aliphatic rings. The van der Waals surface area contributed by atoms with Crippen LogP contribution in [0.5, 0.6) is 5.75 Å². The molecular weight excluding hydrogens is 224 g/mol. The lowest BCUT2D eigenvalue weighted by Gasteiger charge is -2.24. The van der Waals surface area contributed by atoms with E-state index in [1.54, 1.807) is 0 Å². The van der Waals surface area contributed by atoms with E-state index < -0.39 is 0 Å². The largest absolute Gasteiger partial charge is 0.490 e. The highest BCUT2D eigenvalue weighted by Crippen LogP contribution is 2.27. The van der Waals surface area contributed by atoms with E-state index in [0.29, 0.717) is 6.10 Å². The van der Waals surface area contributed by atoms with Crippen LogP contribution >= 0.6 is 0 Å². The van der Waals surface area contributed by atoms with Gasteiger partial charge < -0.3 is 4.74 Å². The topological polar surface area (TPSA) is 26.3 Å². The number of para-hydroxylation sites is 1. The summed E-state index contributed by atoms with van der Waals surface area (Å²) in [6, 6.07) is 7.64. The third-order valence-electron chi connectivity index (χ3n) is 3.52. The lowest BCUT2D eigenvalue weighted by atomic mass is 9.97. The summed E-state index contributed by atoms with van der Waals surface area (Å²) in [7, 11) is 0. The highest BCUT2D eigenvalue weighted by Gasteiger charge is 2.19. The van der Waals surface area contributed by atoms with Crippen molar-refractivity contribution in [2.24, 2.45) is 5.92 Å². The van der Waals surface area contributed by atoms with Crippen LogP contribution in [0.3, 0.4) is 0 Å². The van der Waals surface area contributed by atoms with Gasteiger partial charge in [-0.05, 0) is 37.8 Å². The average molecular weight is 246 g/mol. The van der Waals surface area contributed by atoms with Crippen LogP contribution in [-0.4, -0.2) is 11.9 Å². The van der Waals surface area contributed by atoms with Crippen molar-refractivity contribution in [3.63, 3.8) is 0 Å². The Morgan fingerprint density at radius 3 is 2.50 bits per heavy atom. The molecule has 18 heavy (non-hydrogen) atoms. The van der Waals surface area contributed by atoms with Crippen LogP contribution in [0.4, 0.5) is 0 Å². The molecule has 98 valence electrons. The molecule has 0 radical (unpaired) electrons. The van der Waals surface area contributed by atoms with Gasteiger partial charge in [0.15, 0.2) is 5.78 Å². The van der Waals surface area contributed by atoms with E-state index in [0.717, 1.165) is 24.2 Å². The molecule has 0 aliphatic heterocycles. The van der Waals surface area contributed by atoms with Crippen LogP contribution < -0.4 is 4.74 Å². The Bertz CT molecular complexity index is 403. The fourth-order valence-corrected chi connectivity index (χ4v) is 2.45. The maximum absolute atomic E-state index is 12.1. The second-order valence-corrected chi connectivity index (χ2v) is 5.39. The lowest BCUT2D eigenvalue weighted by Crippen LogP contribution is -2.21. The summed E-state index contributed by atoms with van der Waals surface area (Å²) in [6.07, 6.45) is 6.32. The van der Waals surface area contributed by atoms with Gasteiger partial charge in [-0.15, -0.1) is 0 Å². The van der Waals surface area contributed by atoms with Crippen LogP contribution in [0.2, 0.25) is 0 Å². The average Bonchev–Trinajstić information content (AvgIpc) is 2.39. The number of benzene rings is 1. The smallest absolute Gasteiger partial charge is 0.169 e. The van der Waals surface area contributed by atoms with E-state index in [4.69, 9.17) is 4.74 Å². The summed E-state index contributed by atoms with van der Waals surface area (Å²) < 4.78 is 6.04. The molecule has 0 unspecified atom stereocenters. The van der Waals surface area contributed by atoms with Crippen molar-refractivity contribution >= 4 is 5.78 Å². The Balaban J connectivity index is 2.14. The first-order chi connectivity index (χ1) is 8.68. The molecule has 0 spiro atoms. The second-order valence-electron chi connectivity index (χ2n) is 5.39. The minimum atomic E-state index is 0.0149.